The predicted octanol–water partition coefficient (Wildman–Crippen LogP) is 1.41. The molecule has 1 rings (SSSR count). The van der Waals surface area contributed by atoms with Crippen LogP contribution in [0.25, 0.3) is 0 Å². The zero-order valence-electron chi connectivity index (χ0n) is 8.43. The van der Waals surface area contributed by atoms with Crippen molar-refractivity contribution in [2.24, 2.45) is 5.73 Å². The van der Waals surface area contributed by atoms with Gasteiger partial charge in [-0.1, -0.05) is 5.16 Å². The number of hydrogen-bond donors (Lipinski definition) is 1. The lowest BCUT2D eigenvalue weighted by Crippen LogP contribution is -2.28. The van der Waals surface area contributed by atoms with E-state index in [1.165, 1.54) is 0 Å². The van der Waals surface area contributed by atoms with Gasteiger partial charge in [-0.2, -0.15) is 18.2 Å². The summed E-state index contributed by atoms with van der Waals surface area (Å²) < 4.78 is 40.7. The molecule has 0 spiro atoms. The Morgan fingerprint density at radius 3 is 2.40 bits per heavy atom. The van der Waals surface area contributed by atoms with Crippen molar-refractivity contribution in [2.45, 2.75) is 31.9 Å². The Morgan fingerprint density at radius 1 is 1.33 bits per heavy atom. The fourth-order valence-corrected chi connectivity index (χ4v) is 0.867. The molecule has 0 unspecified atom stereocenters. The van der Waals surface area contributed by atoms with Crippen LogP contribution < -0.4 is 5.73 Å². The first kappa shape index (κ1) is 12.0. The molecule has 0 amide bonds. The minimum atomic E-state index is -4.33. The van der Waals surface area contributed by atoms with Gasteiger partial charge in [0.05, 0.1) is 5.41 Å². The normalized spacial score (nSPS) is 13.2. The quantitative estimate of drug-likeness (QED) is 0.841. The molecule has 7 heteroatoms. The van der Waals surface area contributed by atoms with Crippen molar-refractivity contribution in [3.05, 3.63) is 11.7 Å². The number of aromatic nitrogens is 2. The molecule has 0 saturated carbocycles. The Bertz CT molecular complexity index is 332. The number of halogens is 3. The zero-order chi connectivity index (χ0) is 11.7. The molecule has 1 aromatic heterocycles. The first-order valence-electron chi connectivity index (χ1n) is 4.34. The average Bonchev–Trinajstić information content (AvgIpc) is 2.50. The summed E-state index contributed by atoms with van der Waals surface area (Å²) in [5, 5.41) is 3.25. The highest BCUT2D eigenvalue weighted by Crippen LogP contribution is 2.23. The molecule has 0 atom stereocenters. The van der Waals surface area contributed by atoms with Crippen LogP contribution in [0, 0.1) is 0 Å². The minimum absolute atomic E-state index is 0.129. The van der Waals surface area contributed by atoms with E-state index in [0.717, 1.165) is 0 Å². The third kappa shape index (κ3) is 3.19. The predicted molar refractivity (Wildman–Crippen MR) is 46.1 cm³/mol. The van der Waals surface area contributed by atoms with Gasteiger partial charge in [-0.3, -0.25) is 0 Å². The number of rotatable bonds is 3. The van der Waals surface area contributed by atoms with E-state index >= 15 is 0 Å². The summed E-state index contributed by atoms with van der Waals surface area (Å²) >= 11 is 0. The van der Waals surface area contributed by atoms with E-state index < -0.39 is 18.0 Å². The summed E-state index contributed by atoms with van der Waals surface area (Å²) in [6.45, 7) is 3.66. The van der Waals surface area contributed by atoms with E-state index in [4.69, 9.17) is 10.3 Å². The highest BCUT2D eigenvalue weighted by atomic mass is 19.4. The van der Waals surface area contributed by atoms with Crippen LogP contribution in [0.2, 0.25) is 0 Å². The zero-order valence-corrected chi connectivity index (χ0v) is 8.43. The van der Waals surface area contributed by atoms with Gasteiger partial charge in [-0.25, -0.2) is 0 Å². The molecule has 0 fully saturated rings. The molecular weight excluding hydrogens is 211 g/mol. The van der Waals surface area contributed by atoms with Gasteiger partial charge in [0.1, 0.15) is 6.42 Å². The fourth-order valence-electron chi connectivity index (χ4n) is 0.867. The minimum Gasteiger partial charge on any atom is -0.339 e. The molecule has 1 heterocycles. The SMILES string of the molecule is CC(C)(CN)c1nc(CC(F)(F)F)no1. The monoisotopic (exact) mass is 223 g/mol. The van der Waals surface area contributed by atoms with E-state index in [-0.39, 0.29) is 18.3 Å². The molecule has 0 bridgehead atoms. The van der Waals surface area contributed by atoms with Crippen molar-refractivity contribution in [3.8, 4) is 0 Å². The Kier molecular flexibility index (Phi) is 3.03. The second kappa shape index (κ2) is 3.80. The molecular formula is C8H12F3N3O. The van der Waals surface area contributed by atoms with Gasteiger partial charge in [0.25, 0.3) is 0 Å². The lowest BCUT2D eigenvalue weighted by molar-refractivity contribution is -0.128. The van der Waals surface area contributed by atoms with Crippen LogP contribution in [-0.4, -0.2) is 22.9 Å². The molecule has 0 aliphatic heterocycles. The largest absolute Gasteiger partial charge is 0.396 e. The van der Waals surface area contributed by atoms with Crippen molar-refractivity contribution in [3.63, 3.8) is 0 Å². The molecule has 86 valence electrons. The third-order valence-corrected chi connectivity index (χ3v) is 1.92. The molecule has 0 aromatic carbocycles. The maximum Gasteiger partial charge on any atom is 0.396 e. The first-order chi connectivity index (χ1) is 6.74. The molecule has 1 aromatic rings. The van der Waals surface area contributed by atoms with Gasteiger partial charge in [-0.15, -0.1) is 0 Å². The van der Waals surface area contributed by atoms with Crippen molar-refractivity contribution < 1.29 is 17.7 Å². The lowest BCUT2D eigenvalue weighted by atomic mass is 9.94. The van der Waals surface area contributed by atoms with E-state index in [1.807, 2.05) is 0 Å². The fraction of sp³-hybridized carbons (Fsp3) is 0.750. The van der Waals surface area contributed by atoms with Crippen LogP contribution in [0.5, 0.6) is 0 Å². The van der Waals surface area contributed by atoms with Gasteiger partial charge in [0.2, 0.25) is 5.89 Å². The molecule has 0 saturated heterocycles. The van der Waals surface area contributed by atoms with Gasteiger partial charge in [-0.05, 0) is 13.8 Å². The van der Waals surface area contributed by atoms with Crippen molar-refractivity contribution in [2.75, 3.05) is 6.54 Å². The Balaban J connectivity index is 2.81. The van der Waals surface area contributed by atoms with Gasteiger partial charge in [0.15, 0.2) is 5.82 Å². The highest BCUT2D eigenvalue weighted by molar-refractivity contribution is 5.02. The smallest absolute Gasteiger partial charge is 0.339 e. The van der Waals surface area contributed by atoms with Crippen LogP contribution >= 0.6 is 0 Å². The summed E-state index contributed by atoms with van der Waals surface area (Å²) in [7, 11) is 0. The number of alkyl halides is 3. The number of nitrogens with two attached hydrogens (primary N) is 1. The molecule has 0 aliphatic carbocycles. The topological polar surface area (TPSA) is 64.9 Å². The standard InChI is InChI=1S/C8H12F3N3O/c1-7(2,4-12)6-13-5(14-15-6)3-8(9,10)11/h3-4,12H2,1-2H3. The van der Waals surface area contributed by atoms with E-state index in [0.29, 0.717) is 0 Å². The van der Waals surface area contributed by atoms with E-state index in [1.54, 1.807) is 13.8 Å². The summed E-state index contributed by atoms with van der Waals surface area (Å²) in [4.78, 5) is 3.66. The van der Waals surface area contributed by atoms with Crippen LogP contribution in [0.15, 0.2) is 4.52 Å². The van der Waals surface area contributed by atoms with Crippen LogP contribution in [-0.2, 0) is 11.8 Å². The number of hydrogen-bond acceptors (Lipinski definition) is 4. The van der Waals surface area contributed by atoms with Gasteiger partial charge >= 0.3 is 6.18 Å². The van der Waals surface area contributed by atoms with Crippen molar-refractivity contribution in [1.29, 1.82) is 0 Å². The second-order valence-corrected chi connectivity index (χ2v) is 3.90. The average molecular weight is 223 g/mol. The third-order valence-electron chi connectivity index (χ3n) is 1.92. The Morgan fingerprint density at radius 2 is 1.93 bits per heavy atom. The van der Waals surface area contributed by atoms with Gasteiger partial charge < -0.3 is 10.3 Å². The maximum atomic E-state index is 12.0. The molecule has 2 N–H and O–H groups in total. The van der Waals surface area contributed by atoms with E-state index in [9.17, 15) is 13.2 Å². The molecule has 0 aliphatic rings. The Hall–Kier alpha value is -1.11. The summed E-state index contributed by atoms with van der Waals surface area (Å²) in [6, 6.07) is 0. The summed E-state index contributed by atoms with van der Waals surface area (Å²) in [5.41, 5.74) is 4.82. The van der Waals surface area contributed by atoms with Crippen molar-refractivity contribution >= 4 is 0 Å². The lowest BCUT2D eigenvalue weighted by Gasteiger charge is -2.15. The van der Waals surface area contributed by atoms with Crippen LogP contribution in [0.4, 0.5) is 13.2 Å². The molecule has 15 heavy (non-hydrogen) atoms. The Labute approximate surface area is 84.6 Å². The molecule has 4 nitrogen and oxygen atoms in total. The second-order valence-electron chi connectivity index (χ2n) is 3.90. The highest BCUT2D eigenvalue weighted by Gasteiger charge is 2.32. The van der Waals surface area contributed by atoms with Crippen LogP contribution in [0.3, 0.4) is 0 Å². The summed E-state index contributed by atoms with van der Waals surface area (Å²) in [5.74, 6) is -0.233. The van der Waals surface area contributed by atoms with Crippen molar-refractivity contribution in [1.82, 2.24) is 10.1 Å². The first-order valence-corrected chi connectivity index (χ1v) is 4.34. The number of nitrogens with zero attached hydrogens (tertiary/aromatic N) is 2. The van der Waals surface area contributed by atoms with Crippen LogP contribution in [0.1, 0.15) is 25.6 Å². The van der Waals surface area contributed by atoms with E-state index in [2.05, 4.69) is 10.1 Å². The summed E-state index contributed by atoms with van der Waals surface area (Å²) in [6.07, 6.45) is -5.51. The molecule has 0 radical (unpaired) electrons. The maximum absolute atomic E-state index is 12.0. The van der Waals surface area contributed by atoms with Gasteiger partial charge in [0, 0.05) is 6.54 Å².